The predicted molar refractivity (Wildman–Crippen MR) is 216 cm³/mol. The number of fused-ring (bicyclic) bond motifs is 1. The molecule has 0 aromatic heterocycles. The molecule has 0 heterocycles. The highest BCUT2D eigenvalue weighted by molar-refractivity contribution is 6.25. The van der Waals surface area contributed by atoms with Crippen molar-refractivity contribution >= 4 is 48.7 Å². The van der Waals surface area contributed by atoms with Crippen LogP contribution in [0.25, 0.3) is 59.8 Å². The molecule has 50 heavy (non-hydrogen) atoms. The lowest BCUT2D eigenvalue weighted by Crippen LogP contribution is -2.25. The molecule has 0 radical (unpaired) electrons. The number of hydrogen-bond donors (Lipinski definition) is 0. The van der Waals surface area contributed by atoms with Crippen LogP contribution in [0.4, 0.5) is 0 Å². The zero-order chi connectivity index (χ0) is 34.1. The average Bonchev–Trinajstić information content (AvgIpc) is 3.11. The van der Waals surface area contributed by atoms with Crippen molar-refractivity contribution in [3.63, 3.8) is 0 Å². The minimum Gasteiger partial charge on any atom is -0.0598 e. The van der Waals surface area contributed by atoms with Crippen molar-refractivity contribution in [1.29, 1.82) is 0 Å². The SMILES string of the molecule is CC(C)(C)C1=CC2=C3C(=CC=C4C(c5ccc6ccc(-c7ccc8ccc9cc(C(C)(C)C)cc%10ccc7c8c9%10)cc6c5)=CC=C(C=C2)C43)C1. The number of rotatable bonds is 2. The molecule has 1 atom stereocenters. The molecule has 0 fully saturated rings. The summed E-state index contributed by atoms with van der Waals surface area (Å²) in [5.74, 6) is 0.312. The molecule has 0 N–H and O–H groups in total. The third kappa shape index (κ3) is 4.37. The molecular formula is C50H42. The van der Waals surface area contributed by atoms with Gasteiger partial charge < -0.3 is 0 Å². The van der Waals surface area contributed by atoms with Crippen molar-refractivity contribution in [1.82, 2.24) is 0 Å². The van der Waals surface area contributed by atoms with Gasteiger partial charge in [-0.15, -0.1) is 0 Å². The van der Waals surface area contributed by atoms with Gasteiger partial charge in [0.05, 0.1) is 0 Å². The summed E-state index contributed by atoms with van der Waals surface area (Å²) in [5, 5.41) is 10.6. The van der Waals surface area contributed by atoms with Gasteiger partial charge in [-0.3, -0.25) is 0 Å². The summed E-state index contributed by atoms with van der Waals surface area (Å²) in [6.45, 7) is 13.9. The van der Waals surface area contributed by atoms with E-state index in [1.54, 1.807) is 0 Å². The summed E-state index contributed by atoms with van der Waals surface area (Å²) in [7, 11) is 0. The summed E-state index contributed by atoms with van der Waals surface area (Å²) >= 11 is 0. The van der Waals surface area contributed by atoms with E-state index in [1.807, 2.05) is 0 Å². The molecule has 0 spiro atoms. The first kappa shape index (κ1) is 29.7. The number of benzene rings is 6. The Morgan fingerprint density at radius 2 is 1.26 bits per heavy atom. The maximum Gasteiger partial charge on any atom is 0.0354 e. The topological polar surface area (TPSA) is 0 Å². The molecule has 0 saturated heterocycles. The minimum atomic E-state index is 0.107. The lowest BCUT2D eigenvalue weighted by atomic mass is 9.64. The van der Waals surface area contributed by atoms with Crippen molar-refractivity contribution in [2.45, 2.75) is 53.4 Å². The Balaban J connectivity index is 1.08. The summed E-state index contributed by atoms with van der Waals surface area (Å²) in [6, 6.07) is 32.8. The largest absolute Gasteiger partial charge is 0.0598 e. The van der Waals surface area contributed by atoms with E-state index in [0.717, 1.165) is 6.42 Å². The Morgan fingerprint density at radius 3 is 2.04 bits per heavy atom. The van der Waals surface area contributed by atoms with Crippen molar-refractivity contribution < 1.29 is 0 Å². The van der Waals surface area contributed by atoms with E-state index in [9.17, 15) is 0 Å². The fourth-order valence-corrected chi connectivity index (χ4v) is 9.01. The second-order valence-corrected chi connectivity index (χ2v) is 17.0. The van der Waals surface area contributed by atoms with Gasteiger partial charge in [0.15, 0.2) is 0 Å². The minimum absolute atomic E-state index is 0.107. The Bertz CT molecular complexity index is 2690. The van der Waals surface area contributed by atoms with Crippen molar-refractivity contribution in [3.05, 3.63) is 172 Å². The molecule has 4 aliphatic rings. The second kappa shape index (κ2) is 10.2. The van der Waals surface area contributed by atoms with Gasteiger partial charge in [-0.05, 0) is 128 Å². The quantitative estimate of drug-likeness (QED) is 0.165. The summed E-state index contributed by atoms with van der Waals surface area (Å²) in [6.07, 6.45) is 17.7. The Kier molecular flexibility index (Phi) is 6.04. The Hall–Kier alpha value is -5.20. The van der Waals surface area contributed by atoms with Crippen molar-refractivity contribution in [2.75, 3.05) is 0 Å². The van der Waals surface area contributed by atoms with E-state index in [0.29, 0.717) is 5.92 Å². The smallest absolute Gasteiger partial charge is 0.0354 e. The van der Waals surface area contributed by atoms with Crippen molar-refractivity contribution in [2.24, 2.45) is 11.3 Å². The summed E-state index contributed by atoms with van der Waals surface area (Å²) in [5.41, 5.74) is 15.6. The van der Waals surface area contributed by atoms with Crippen LogP contribution in [-0.2, 0) is 5.41 Å². The van der Waals surface area contributed by atoms with Crippen LogP contribution < -0.4 is 0 Å². The highest BCUT2D eigenvalue weighted by Gasteiger charge is 2.37. The van der Waals surface area contributed by atoms with E-state index >= 15 is 0 Å². The van der Waals surface area contributed by atoms with Crippen LogP contribution in [0, 0.1) is 11.3 Å². The fraction of sp³-hybridized carbons (Fsp3) is 0.200. The van der Waals surface area contributed by atoms with Crippen LogP contribution in [-0.4, -0.2) is 0 Å². The fourth-order valence-electron chi connectivity index (χ4n) is 9.01. The maximum absolute atomic E-state index is 2.47. The van der Waals surface area contributed by atoms with Crippen LogP contribution >= 0.6 is 0 Å². The van der Waals surface area contributed by atoms with Gasteiger partial charge in [-0.2, -0.15) is 0 Å². The summed E-state index contributed by atoms with van der Waals surface area (Å²) in [4.78, 5) is 0. The second-order valence-electron chi connectivity index (χ2n) is 17.0. The lowest BCUT2D eigenvalue weighted by Gasteiger charge is -2.40. The van der Waals surface area contributed by atoms with Crippen LogP contribution in [0.15, 0.2) is 161 Å². The molecule has 4 aliphatic carbocycles. The van der Waals surface area contributed by atoms with Gasteiger partial charge >= 0.3 is 0 Å². The van der Waals surface area contributed by atoms with E-state index < -0.39 is 0 Å². The molecular weight excluding hydrogens is 601 g/mol. The third-order valence-electron chi connectivity index (χ3n) is 11.9. The van der Waals surface area contributed by atoms with Crippen LogP contribution in [0.1, 0.15) is 59.1 Å². The van der Waals surface area contributed by atoms with Crippen LogP contribution in [0.5, 0.6) is 0 Å². The zero-order valence-corrected chi connectivity index (χ0v) is 29.9. The molecule has 0 aliphatic heterocycles. The molecule has 1 unspecified atom stereocenters. The molecule has 0 amide bonds. The molecule has 0 saturated carbocycles. The highest BCUT2D eigenvalue weighted by atomic mass is 14.4. The van der Waals surface area contributed by atoms with E-state index in [2.05, 4.69) is 169 Å². The lowest BCUT2D eigenvalue weighted by molar-refractivity contribution is 0.488. The van der Waals surface area contributed by atoms with Gasteiger partial charge in [-0.1, -0.05) is 162 Å². The maximum atomic E-state index is 2.47. The van der Waals surface area contributed by atoms with Gasteiger partial charge in [-0.25, -0.2) is 0 Å². The molecule has 0 bridgehead atoms. The van der Waals surface area contributed by atoms with Crippen LogP contribution in [0.2, 0.25) is 0 Å². The van der Waals surface area contributed by atoms with Gasteiger partial charge in [0.2, 0.25) is 0 Å². The van der Waals surface area contributed by atoms with E-state index in [4.69, 9.17) is 0 Å². The highest BCUT2D eigenvalue weighted by Crippen LogP contribution is 2.53. The molecule has 0 nitrogen and oxygen atoms in total. The zero-order valence-electron chi connectivity index (χ0n) is 29.9. The Labute approximate surface area is 295 Å². The van der Waals surface area contributed by atoms with Crippen molar-refractivity contribution in [3.8, 4) is 11.1 Å². The molecule has 0 heteroatoms. The molecule has 6 aromatic rings. The van der Waals surface area contributed by atoms with E-state index in [-0.39, 0.29) is 10.8 Å². The monoisotopic (exact) mass is 642 g/mol. The van der Waals surface area contributed by atoms with Gasteiger partial charge in [0.25, 0.3) is 0 Å². The predicted octanol–water partition coefficient (Wildman–Crippen LogP) is 13.8. The normalized spacial score (nSPS) is 18.8. The average molecular weight is 643 g/mol. The molecule has 6 aromatic carbocycles. The molecule has 242 valence electrons. The van der Waals surface area contributed by atoms with Crippen LogP contribution in [0.3, 0.4) is 0 Å². The summed E-state index contributed by atoms with van der Waals surface area (Å²) < 4.78 is 0. The third-order valence-corrected chi connectivity index (χ3v) is 11.9. The Morgan fingerprint density at radius 1 is 0.560 bits per heavy atom. The van der Waals surface area contributed by atoms with E-state index in [1.165, 1.54) is 104 Å². The molecule has 10 rings (SSSR count). The first-order valence-electron chi connectivity index (χ1n) is 18.2. The number of hydrogen-bond acceptors (Lipinski definition) is 0. The number of allylic oxidation sites excluding steroid dienone is 14. The first-order valence-corrected chi connectivity index (χ1v) is 18.2. The van der Waals surface area contributed by atoms with Gasteiger partial charge in [0.1, 0.15) is 0 Å². The van der Waals surface area contributed by atoms with Gasteiger partial charge in [0, 0.05) is 5.92 Å². The first-order chi connectivity index (χ1) is 24.0. The standard InChI is InChI=1S/C50H42/c1-49(2,3)39-25-34-13-9-30-15-19-41(43-21-17-36(27-39)45(34)47(30)43)32-11-7-29-8-12-33(24-38(29)23-32)42-20-16-31-10-14-35-26-40(50(4,5)6)28-37-18-22-44(42)48(31)46(35)37/h7-27,48H,28H2,1-6H3.